The van der Waals surface area contributed by atoms with E-state index in [2.05, 4.69) is 26.1 Å². The molecule has 4 nitrogen and oxygen atoms in total. The summed E-state index contributed by atoms with van der Waals surface area (Å²) in [6.45, 7) is 11.6. The third-order valence-corrected chi connectivity index (χ3v) is 2.50. The highest BCUT2D eigenvalue weighted by atomic mass is 16.5. The number of nitrogens with one attached hydrogen (secondary N) is 1. The van der Waals surface area contributed by atoms with Gasteiger partial charge >= 0.3 is 6.03 Å². The van der Waals surface area contributed by atoms with Crippen LogP contribution < -0.4 is 5.32 Å². The number of carbonyl (C=O) groups excluding carboxylic acids is 1. The van der Waals surface area contributed by atoms with Gasteiger partial charge in [0.25, 0.3) is 0 Å². The van der Waals surface area contributed by atoms with Gasteiger partial charge in [-0.15, -0.1) is 0 Å². The van der Waals surface area contributed by atoms with Gasteiger partial charge in [-0.2, -0.15) is 0 Å². The molecule has 1 fully saturated rings. The van der Waals surface area contributed by atoms with E-state index in [1.807, 2.05) is 19.9 Å². The van der Waals surface area contributed by atoms with Gasteiger partial charge in [-0.25, -0.2) is 4.79 Å². The molecule has 0 aromatic heterocycles. The van der Waals surface area contributed by atoms with Crippen LogP contribution in [-0.2, 0) is 4.74 Å². The molecule has 1 N–H and O–H groups in total. The van der Waals surface area contributed by atoms with Gasteiger partial charge in [0.05, 0.1) is 12.2 Å². The molecular formula is C13H24N2O2. The van der Waals surface area contributed by atoms with Gasteiger partial charge in [0.1, 0.15) is 0 Å². The van der Waals surface area contributed by atoms with Crippen molar-refractivity contribution in [1.29, 1.82) is 0 Å². The number of hydrogen-bond acceptors (Lipinski definition) is 2. The van der Waals surface area contributed by atoms with Crippen molar-refractivity contribution in [2.24, 2.45) is 5.41 Å². The number of hydrogen-bond donors (Lipinski definition) is 1. The normalized spacial score (nSPS) is 26.3. The molecule has 1 aliphatic heterocycles. The van der Waals surface area contributed by atoms with Gasteiger partial charge in [0, 0.05) is 19.3 Å². The molecule has 0 aromatic rings. The molecule has 0 aliphatic carbocycles. The Morgan fingerprint density at radius 1 is 1.29 bits per heavy atom. The van der Waals surface area contributed by atoms with Gasteiger partial charge in [-0.3, -0.25) is 0 Å². The minimum absolute atomic E-state index is 0.0486. The highest BCUT2D eigenvalue weighted by molar-refractivity contribution is 5.75. The van der Waals surface area contributed by atoms with Crippen LogP contribution in [0.3, 0.4) is 0 Å². The first-order chi connectivity index (χ1) is 7.78. The fourth-order valence-electron chi connectivity index (χ4n) is 1.80. The van der Waals surface area contributed by atoms with Gasteiger partial charge in [0.15, 0.2) is 0 Å². The van der Waals surface area contributed by atoms with E-state index in [1.54, 1.807) is 11.1 Å². The maximum atomic E-state index is 11.9. The van der Waals surface area contributed by atoms with Crippen LogP contribution in [0.1, 0.15) is 34.6 Å². The Labute approximate surface area is 104 Å². The Morgan fingerprint density at radius 2 is 1.82 bits per heavy atom. The van der Waals surface area contributed by atoms with Crippen molar-refractivity contribution < 1.29 is 9.53 Å². The largest absolute Gasteiger partial charge is 0.372 e. The minimum Gasteiger partial charge on any atom is -0.372 e. The Balaban J connectivity index is 2.45. The van der Waals surface area contributed by atoms with Gasteiger partial charge in [-0.1, -0.05) is 26.8 Å². The van der Waals surface area contributed by atoms with Crippen molar-refractivity contribution in [1.82, 2.24) is 10.2 Å². The van der Waals surface area contributed by atoms with Crippen molar-refractivity contribution in [3.63, 3.8) is 0 Å². The molecule has 2 atom stereocenters. The maximum Gasteiger partial charge on any atom is 0.321 e. The van der Waals surface area contributed by atoms with Crippen LogP contribution in [0.25, 0.3) is 0 Å². The van der Waals surface area contributed by atoms with Crippen LogP contribution in [0.2, 0.25) is 0 Å². The molecule has 0 bridgehead atoms. The van der Waals surface area contributed by atoms with Crippen molar-refractivity contribution in [3.8, 4) is 0 Å². The number of urea groups is 1. The summed E-state index contributed by atoms with van der Waals surface area (Å²) in [5.41, 5.74) is 0.0822. The summed E-state index contributed by atoms with van der Waals surface area (Å²) in [4.78, 5) is 13.7. The first kappa shape index (κ1) is 14.0. The molecule has 0 spiro atoms. The van der Waals surface area contributed by atoms with Gasteiger partial charge < -0.3 is 15.0 Å². The molecule has 0 aromatic carbocycles. The highest BCUT2D eigenvalue weighted by Gasteiger charge is 2.25. The number of carbonyl (C=O) groups is 1. The quantitative estimate of drug-likeness (QED) is 0.764. The van der Waals surface area contributed by atoms with Gasteiger partial charge in [0.2, 0.25) is 0 Å². The van der Waals surface area contributed by atoms with E-state index in [4.69, 9.17) is 4.74 Å². The second kappa shape index (κ2) is 5.54. The zero-order valence-electron chi connectivity index (χ0n) is 11.5. The summed E-state index contributed by atoms with van der Waals surface area (Å²) < 4.78 is 5.59. The first-order valence-electron chi connectivity index (χ1n) is 6.16. The number of morpholine rings is 1. The molecule has 1 heterocycles. The summed E-state index contributed by atoms with van der Waals surface area (Å²) in [6.07, 6.45) is 3.93. The van der Waals surface area contributed by atoms with E-state index < -0.39 is 0 Å². The second-order valence-corrected chi connectivity index (χ2v) is 5.81. The smallest absolute Gasteiger partial charge is 0.321 e. The Hall–Kier alpha value is -1.03. The lowest BCUT2D eigenvalue weighted by Gasteiger charge is -2.35. The van der Waals surface area contributed by atoms with Crippen LogP contribution >= 0.6 is 0 Å². The van der Waals surface area contributed by atoms with Crippen LogP contribution in [0, 0.1) is 5.41 Å². The zero-order chi connectivity index (χ0) is 13.1. The van der Waals surface area contributed by atoms with E-state index in [9.17, 15) is 4.79 Å². The molecule has 98 valence electrons. The average molecular weight is 240 g/mol. The van der Waals surface area contributed by atoms with E-state index in [1.165, 1.54) is 0 Å². The van der Waals surface area contributed by atoms with Crippen molar-refractivity contribution in [2.45, 2.75) is 46.8 Å². The zero-order valence-corrected chi connectivity index (χ0v) is 11.5. The fourth-order valence-corrected chi connectivity index (χ4v) is 1.80. The summed E-state index contributed by atoms with van der Waals surface area (Å²) >= 11 is 0. The van der Waals surface area contributed by atoms with E-state index in [0.29, 0.717) is 13.1 Å². The lowest BCUT2D eigenvalue weighted by Crippen LogP contribution is -2.50. The van der Waals surface area contributed by atoms with Crippen molar-refractivity contribution in [3.05, 3.63) is 12.3 Å². The monoisotopic (exact) mass is 240 g/mol. The second-order valence-electron chi connectivity index (χ2n) is 5.81. The van der Waals surface area contributed by atoms with Crippen molar-refractivity contribution >= 4 is 6.03 Å². The van der Waals surface area contributed by atoms with E-state index in [0.717, 1.165) is 0 Å². The molecule has 17 heavy (non-hydrogen) atoms. The maximum absolute atomic E-state index is 11.9. The SMILES string of the molecule is CC1CN(C(=O)N/C=C/C(C)(C)C)CC(C)O1. The molecule has 2 amide bonds. The molecule has 0 radical (unpaired) electrons. The fraction of sp³-hybridized carbons (Fsp3) is 0.769. The van der Waals surface area contributed by atoms with Crippen molar-refractivity contribution in [2.75, 3.05) is 13.1 Å². The van der Waals surface area contributed by atoms with Crippen LogP contribution in [0.5, 0.6) is 0 Å². The molecule has 4 heteroatoms. The molecular weight excluding hydrogens is 216 g/mol. The molecule has 2 unspecified atom stereocenters. The van der Waals surface area contributed by atoms with E-state index >= 15 is 0 Å². The summed E-state index contributed by atoms with van der Waals surface area (Å²) in [7, 11) is 0. The number of ether oxygens (including phenoxy) is 1. The Bertz CT molecular complexity index is 284. The van der Waals surface area contributed by atoms with Crippen LogP contribution in [-0.4, -0.2) is 36.2 Å². The predicted molar refractivity (Wildman–Crippen MR) is 68.7 cm³/mol. The standard InChI is InChI=1S/C13H24N2O2/c1-10-8-15(9-11(2)17-10)12(16)14-7-6-13(3,4)5/h6-7,10-11H,8-9H2,1-5H3,(H,14,16)/b7-6+. The number of rotatable bonds is 1. The highest BCUT2D eigenvalue weighted by Crippen LogP contribution is 2.14. The predicted octanol–water partition coefficient (Wildman–Crippen LogP) is 2.37. The van der Waals surface area contributed by atoms with Gasteiger partial charge in [-0.05, 0) is 19.3 Å². The van der Waals surface area contributed by atoms with Crippen LogP contribution in [0.4, 0.5) is 4.79 Å². The summed E-state index contributed by atoms with van der Waals surface area (Å²) in [6, 6.07) is -0.0486. The average Bonchev–Trinajstić information content (AvgIpc) is 2.13. The number of allylic oxidation sites excluding steroid dienone is 1. The number of nitrogens with zero attached hydrogens (tertiary/aromatic N) is 1. The number of amides is 2. The summed E-state index contributed by atoms with van der Waals surface area (Å²) in [5, 5.41) is 2.80. The Kier molecular flexibility index (Phi) is 4.57. The first-order valence-corrected chi connectivity index (χ1v) is 6.16. The lowest BCUT2D eigenvalue weighted by atomic mass is 9.97. The van der Waals surface area contributed by atoms with Crippen LogP contribution in [0.15, 0.2) is 12.3 Å². The minimum atomic E-state index is -0.0486. The van der Waals surface area contributed by atoms with E-state index in [-0.39, 0.29) is 23.7 Å². The lowest BCUT2D eigenvalue weighted by molar-refractivity contribution is -0.0542. The third kappa shape index (κ3) is 5.22. The topological polar surface area (TPSA) is 41.6 Å². The molecule has 0 saturated carbocycles. The molecule has 1 aliphatic rings. The Morgan fingerprint density at radius 3 is 2.29 bits per heavy atom. The summed E-state index contributed by atoms with van der Waals surface area (Å²) in [5.74, 6) is 0. The molecule has 1 saturated heterocycles. The third-order valence-electron chi connectivity index (χ3n) is 2.50. The molecule has 1 rings (SSSR count).